The van der Waals surface area contributed by atoms with Crippen LogP contribution in [-0.2, 0) is 5.41 Å². The van der Waals surface area contributed by atoms with Gasteiger partial charge in [0, 0.05) is 33.2 Å². The van der Waals surface area contributed by atoms with E-state index in [4.69, 9.17) is 0 Å². The molecule has 1 saturated carbocycles. The van der Waals surface area contributed by atoms with Gasteiger partial charge >= 0.3 is 0 Å². The van der Waals surface area contributed by atoms with Crippen molar-refractivity contribution in [2.45, 2.75) is 37.5 Å². The fraction of sp³-hybridized carbons (Fsp3) is 0.143. The number of para-hydroxylation sites is 4. The lowest BCUT2D eigenvalue weighted by Crippen LogP contribution is -2.32. The van der Waals surface area contributed by atoms with Gasteiger partial charge in [-0.1, -0.05) is 128 Å². The summed E-state index contributed by atoms with van der Waals surface area (Å²) in [6, 6.07) is 57.8. The Bertz CT molecular complexity index is 2030. The summed E-state index contributed by atoms with van der Waals surface area (Å²) in [5.41, 5.74) is 10.0. The highest BCUT2D eigenvalue weighted by Gasteiger charge is 2.38. The molecular formula is C42H36N2. The lowest BCUT2D eigenvalue weighted by Gasteiger charge is -2.41. The summed E-state index contributed by atoms with van der Waals surface area (Å²) >= 11 is 0. The second-order valence-corrected chi connectivity index (χ2v) is 12.1. The number of fused-ring (bicyclic) bond motifs is 3. The third-order valence-corrected chi connectivity index (χ3v) is 9.64. The van der Waals surface area contributed by atoms with Gasteiger partial charge in [-0.3, -0.25) is 0 Å². The van der Waals surface area contributed by atoms with Crippen molar-refractivity contribution in [3.8, 4) is 5.69 Å². The highest BCUT2D eigenvalue weighted by atomic mass is 15.1. The van der Waals surface area contributed by atoms with Crippen molar-refractivity contribution in [2.75, 3.05) is 4.90 Å². The molecule has 1 fully saturated rings. The van der Waals surface area contributed by atoms with Gasteiger partial charge in [0.25, 0.3) is 0 Å². The fourth-order valence-corrected chi connectivity index (χ4v) is 7.66. The Hall–Kier alpha value is -5.08. The van der Waals surface area contributed by atoms with Crippen LogP contribution in [0, 0.1) is 0 Å². The number of hydrogen-bond donors (Lipinski definition) is 0. The van der Waals surface area contributed by atoms with Crippen molar-refractivity contribution in [1.29, 1.82) is 0 Å². The zero-order valence-electron chi connectivity index (χ0n) is 24.9. The van der Waals surface area contributed by atoms with Crippen LogP contribution in [0.5, 0.6) is 0 Å². The summed E-state index contributed by atoms with van der Waals surface area (Å²) in [7, 11) is 0. The van der Waals surface area contributed by atoms with E-state index in [1.54, 1.807) is 0 Å². The number of benzene rings is 6. The molecule has 0 bridgehead atoms. The summed E-state index contributed by atoms with van der Waals surface area (Å²) in [5.74, 6) is 0. The van der Waals surface area contributed by atoms with Gasteiger partial charge in [0.15, 0.2) is 0 Å². The molecule has 6 aromatic carbocycles. The minimum Gasteiger partial charge on any atom is -0.310 e. The average Bonchev–Trinajstić information content (AvgIpc) is 3.44. The third-order valence-electron chi connectivity index (χ3n) is 9.64. The number of aromatic nitrogens is 1. The van der Waals surface area contributed by atoms with E-state index in [2.05, 4.69) is 167 Å². The average molecular weight is 569 g/mol. The van der Waals surface area contributed by atoms with E-state index in [1.807, 2.05) is 0 Å². The predicted molar refractivity (Wildman–Crippen MR) is 186 cm³/mol. The van der Waals surface area contributed by atoms with Crippen LogP contribution in [0.15, 0.2) is 158 Å². The molecule has 44 heavy (non-hydrogen) atoms. The first-order valence-electron chi connectivity index (χ1n) is 15.9. The van der Waals surface area contributed by atoms with Crippen LogP contribution >= 0.6 is 0 Å². The maximum Gasteiger partial charge on any atom is 0.0561 e. The van der Waals surface area contributed by atoms with Gasteiger partial charge in [-0.2, -0.15) is 0 Å². The SMILES string of the molecule is c1ccc(N(c2ccc3c4ccccc4n(-c4ccccc4)c3c2)c2ccccc2C2(c3ccccc3)CCCCC2)cc1. The predicted octanol–water partition coefficient (Wildman–Crippen LogP) is 11.5. The Morgan fingerprint density at radius 3 is 1.86 bits per heavy atom. The van der Waals surface area contributed by atoms with E-state index in [0.717, 1.165) is 18.5 Å². The van der Waals surface area contributed by atoms with Crippen LogP contribution < -0.4 is 4.90 Å². The minimum atomic E-state index is -0.0217. The van der Waals surface area contributed by atoms with Crippen LogP contribution in [-0.4, -0.2) is 4.57 Å². The standard InChI is InChI=1S/C42H36N2/c1-5-17-32(18-6-1)42(29-15-4-16-30-42)38-24-12-14-26-40(38)43(33-19-7-2-8-20-33)35-27-28-37-36-23-11-13-25-39(36)44(41(37)31-35)34-21-9-3-10-22-34/h1-3,5-14,17-28,31H,4,15-16,29-30H2. The molecule has 0 saturated heterocycles. The lowest BCUT2D eigenvalue weighted by molar-refractivity contribution is 0.346. The van der Waals surface area contributed by atoms with Crippen molar-refractivity contribution >= 4 is 38.9 Å². The summed E-state index contributed by atoms with van der Waals surface area (Å²) in [6.07, 6.45) is 6.13. The van der Waals surface area contributed by atoms with Gasteiger partial charge in [0.2, 0.25) is 0 Å². The van der Waals surface area contributed by atoms with Crippen LogP contribution in [0.25, 0.3) is 27.5 Å². The second kappa shape index (κ2) is 11.2. The highest BCUT2D eigenvalue weighted by molar-refractivity contribution is 6.10. The number of rotatable bonds is 6. The molecule has 1 heterocycles. The number of nitrogens with zero attached hydrogens (tertiary/aromatic N) is 2. The second-order valence-electron chi connectivity index (χ2n) is 12.1. The Morgan fingerprint density at radius 1 is 0.477 bits per heavy atom. The monoisotopic (exact) mass is 568 g/mol. The number of anilines is 3. The van der Waals surface area contributed by atoms with E-state index in [0.29, 0.717) is 0 Å². The van der Waals surface area contributed by atoms with Crippen molar-refractivity contribution in [3.63, 3.8) is 0 Å². The van der Waals surface area contributed by atoms with Crippen molar-refractivity contribution in [3.05, 3.63) is 169 Å². The van der Waals surface area contributed by atoms with E-state index >= 15 is 0 Å². The summed E-state index contributed by atoms with van der Waals surface area (Å²) < 4.78 is 2.41. The van der Waals surface area contributed by atoms with E-state index in [9.17, 15) is 0 Å². The zero-order chi connectivity index (χ0) is 29.3. The Kier molecular flexibility index (Phi) is 6.76. The molecule has 0 N–H and O–H groups in total. The first-order chi connectivity index (χ1) is 21.8. The van der Waals surface area contributed by atoms with Crippen LogP contribution in [0.4, 0.5) is 17.1 Å². The lowest BCUT2D eigenvalue weighted by atomic mass is 9.64. The van der Waals surface area contributed by atoms with Gasteiger partial charge in [-0.15, -0.1) is 0 Å². The van der Waals surface area contributed by atoms with E-state index in [-0.39, 0.29) is 5.41 Å². The zero-order valence-corrected chi connectivity index (χ0v) is 24.9. The molecule has 214 valence electrons. The molecule has 0 radical (unpaired) electrons. The molecule has 0 atom stereocenters. The molecule has 1 aliphatic carbocycles. The molecule has 0 amide bonds. The first-order valence-corrected chi connectivity index (χ1v) is 15.9. The smallest absolute Gasteiger partial charge is 0.0561 e. The molecule has 8 rings (SSSR count). The molecule has 2 nitrogen and oxygen atoms in total. The number of hydrogen-bond acceptors (Lipinski definition) is 1. The Labute approximate surface area is 259 Å². The normalized spacial score (nSPS) is 14.5. The van der Waals surface area contributed by atoms with Crippen molar-refractivity contribution in [2.24, 2.45) is 0 Å². The summed E-state index contributed by atoms with van der Waals surface area (Å²) in [6.45, 7) is 0. The minimum absolute atomic E-state index is 0.0217. The molecule has 0 spiro atoms. The quantitative estimate of drug-likeness (QED) is 0.194. The summed E-state index contributed by atoms with van der Waals surface area (Å²) in [4.78, 5) is 2.49. The molecule has 7 aromatic rings. The van der Waals surface area contributed by atoms with E-state index in [1.165, 1.54) is 69.3 Å². The third kappa shape index (κ3) is 4.41. The molecule has 1 aliphatic rings. The van der Waals surface area contributed by atoms with Gasteiger partial charge < -0.3 is 9.47 Å². The fourth-order valence-electron chi connectivity index (χ4n) is 7.66. The molecule has 1 aromatic heterocycles. The topological polar surface area (TPSA) is 8.17 Å². The summed E-state index contributed by atoms with van der Waals surface area (Å²) in [5, 5.41) is 2.54. The van der Waals surface area contributed by atoms with Crippen molar-refractivity contribution < 1.29 is 0 Å². The largest absolute Gasteiger partial charge is 0.310 e. The molecule has 2 heteroatoms. The van der Waals surface area contributed by atoms with Gasteiger partial charge in [-0.05, 0) is 72.5 Å². The van der Waals surface area contributed by atoms with Crippen molar-refractivity contribution in [1.82, 2.24) is 4.57 Å². The van der Waals surface area contributed by atoms with Gasteiger partial charge in [0.05, 0.1) is 16.7 Å². The van der Waals surface area contributed by atoms with Crippen LogP contribution in [0.2, 0.25) is 0 Å². The highest BCUT2D eigenvalue weighted by Crippen LogP contribution is 2.50. The Balaban J connectivity index is 1.39. The van der Waals surface area contributed by atoms with E-state index < -0.39 is 0 Å². The molecule has 0 unspecified atom stereocenters. The molecule has 0 aliphatic heterocycles. The van der Waals surface area contributed by atoms with Crippen LogP contribution in [0.1, 0.15) is 43.2 Å². The Morgan fingerprint density at radius 2 is 1.09 bits per heavy atom. The molecular weight excluding hydrogens is 532 g/mol. The first kappa shape index (κ1) is 26.5. The van der Waals surface area contributed by atoms with Crippen LogP contribution in [0.3, 0.4) is 0 Å². The van der Waals surface area contributed by atoms with Gasteiger partial charge in [0.1, 0.15) is 0 Å². The maximum absolute atomic E-state index is 2.49. The maximum atomic E-state index is 2.49. The van der Waals surface area contributed by atoms with Gasteiger partial charge in [-0.25, -0.2) is 0 Å².